The molecule has 0 radical (unpaired) electrons. The molecular weight excluding hydrogens is 388 g/mol. The first kappa shape index (κ1) is 19.5. The highest BCUT2D eigenvalue weighted by molar-refractivity contribution is 7.93. The fourth-order valence-electron chi connectivity index (χ4n) is 3.15. The Bertz CT molecular complexity index is 1080. The predicted molar refractivity (Wildman–Crippen MR) is 105 cm³/mol. The van der Waals surface area contributed by atoms with E-state index < -0.39 is 20.0 Å². The van der Waals surface area contributed by atoms with Crippen molar-refractivity contribution in [1.29, 1.82) is 0 Å². The fourth-order valence-corrected chi connectivity index (χ4v) is 5.45. The van der Waals surface area contributed by atoms with Gasteiger partial charge in [-0.2, -0.15) is 0 Å². The maximum absolute atomic E-state index is 12.9. The van der Waals surface area contributed by atoms with Crippen molar-refractivity contribution in [2.75, 3.05) is 28.9 Å². The Morgan fingerprint density at radius 3 is 2.48 bits per heavy atom. The van der Waals surface area contributed by atoms with Crippen LogP contribution in [0.2, 0.25) is 0 Å². The molecule has 7 nitrogen and oxygen atoms in total. The van der Waals surface area contributed by atoms with E-state index >= 15 is 0 Å². The Hall–Kier alpha value is -2.26. The minimum atomic E-state index is -3.90. The van der Waals surface area contributed by atoms with Gasteiger partial charge in [0.1, 0.15) is 10.6 Å². The van der Waals surface area contributed by atoms with Crippen LogP contribution in [-0.4, -0.2) is 36.7 Å². The molecule has 0 aromatic heterocycles. The average molecular weight is 411 g/mol. The molecule has 0 aliphatic carbocycles. The van der Waals surface area contributed by atoms with E-state index in [4.69, 9.17) is 4.74 Å². The van der Waals surface area contributed by atoms with Crippen molar-refractivity contribution in [3.63, 3.8) is 0 Å². The highest BCUT2D eigenvalue weighted by Gasteiger charge is 2.25. The summed E-state index contributed by atoms with van der Waals surface area (Å²) in [5.41, 5.74) is 2.47. The molecule has 0 bridgehead atoms. The van der Waals surface area contributed by atoms with E-state index in [0.29, 0.717) is 17.9 Å². The van der Waals surface area contributed by atoms with Gasteiger partial charge in [-0.25, -0.2) is 16.8 Å². The molecule has 0 amide bonds. The van der Waals surface area contributed by atoms with Gasteiger partial charge in [-0.1, -0.05) is 12.1 Å². The second kappa shape index (κ2) is 7.05. The second-order valence-corrected chi connectivity index (χ2v) is 10.1. The summed E-state index contributed by atoms with van der Waals surface area (Å²) < 4.78 is 58.8. The molecule has 0 spiro atoms. The number of hydrogen-bond donors (Lipinski definition) is 1. The minimum absolute atomic E-state index is 0.0303. The first-order chi connectivity index (χ1) is 12.6. The largest absolute Gasteiger partial charge is 0.495 e. The van der Waals surface area contributed by atoms with Crippen LogP contribution in [0.15, 0.2) is 41.3 Å². The van der Waals surface area contributed by atoms with Crippen LogP contribution in [0, 0.1) is 6.92 Å². The molecule has 0 unspecified atom stereocenters. The number of benzene rings is 2. The van der Waals surface area contributed by atoms with Crippen molar-refractivity contribution in [2.24, 2.45) is 0 Å². The molecule has 3 rings (SSSR count). The third kappa shape index (κ3) is 4.03. The van der Waals surface area contributed by atoms with Gasteiger partial charge in [0.25, 0.3) is 10.0 Å². The Kier molecular flexibility index (Phi) is 5.09. The highest BCUT2D eigenvalue weighted by atomic mass is 32.2. The van der Waals surface area contributed by atoms with Gasteiger partial charge in [0, 0.05) is 6.54 Å². The van der Waals surface area contributed by atoms with Crippen molar-refractivity contribution in [1.82, 2.24) is 0 Å². The first-order valence-electron chi connectivity index (χ1n) is 8.40. The molecule has 1 aliphatic heterocycles. The summed E-state index contributed by atoms with van der Waals surface area (Å²) in [6.45, 7) is 2.18. The number of ether oxygens (including phenoxy) is 1. The van der Waals surface area contributed by atoms with Crippen LogP contribution in [0.4, 0.5) is 11.4 Å². The summed E-state index contributed by atoms with van der Waals surface area (Å²) in [6, 6.07) is 9.86. The van der Waals surface area contributed by atoms with E-state index in [0.717, 1.165) is 30.2 Å². The van der Waals surface area contributed by atoms with Crippen molar-refractivity contribution >= 4 is 31.4 Å². The fraction of sp³-hybridized carbons (Fsp3) is 0.333. The number of hydrogen-bond acceptors (Lipinski definition) is 5. The Morgan fingerprint density at radius 2 is 1.81 bits per heavy atom. The Balaban J connectivity index is 2.01. The molecule has 0 fully saturated rings. The van der Waals surface area contributed by atoms with Crippen molar-refractivity contribution in [2.45, 2.75) is 24.7 Å². The average Bonchev–Trinajstić information content (AvgIpc) is 2.60. The number of sulfonamides is 2. The van der Waals surface area contributed by atoms with Crippen molar-refractivity contribution in [3.8, 4) is 5.75 Å². The van der Waals surface area contributed by atoms with E-state index in [9.17, 15) is 16.8 Å². The lowest BCUT2D eigenvalue weighted by Crippen LogP contribution is -2.34. The third-order valence-corrected chi connectivity index (χ3v) is 7.00. The number of anilines is 2. The lowest BCUT2D eigenvalue weighted by atomic mass is 10.0. The molecule has 0 atom stereocenters. The van der Waals surface area contributed by atoms with E-state index in [1.54, 1.807) is 37.3 Å². The molecular formula is C18H22N2O5S2. The molecule has 27 heavy (non-hydrogen) atoms. The maximum Gasteiger partial charge on any atom is 0.265 e. The van der Waals surface area contributed by atoms with E-state index in [1.165, 1.54) is 17.5 Å². The lowest BCUT2D eigenvalue weighted by molar-refractivity contribution is 0.402. The number of methoxy groups -OCH3 is 1. The topological polar surface area (TPSA) is 92.8 Å². The summed E-state index contributed by atoms with van der Waals surface area (Å²) in [7, 11) is -5.92. The molecule has 0 saturated carbocycles. The normalized spacial score (nSPS) is 14.6. The van der Waals surface area contributed by atoms with Gasteiger partial charge in [-0.05, 0) is 55.2 Å². The molecule has 1 N–H and O–H groups in total. The summed E-state index contributed by atoms with van der Waals surface area (Å²) in [6.07, 6.45) is 2.63. The minimum Gasteiger partial charge on any atom is -0.495 e. The van der Waals surface area contributed by atoms with Crippen LogP contribution in [0.3, 0.4) is 0 Å². The van der Waals surface area contributed by atoms with Gasteiger partial charge < -0.3 is 4.74 Å². The Morgan fingerprint density at radius 1 is 1.07 bits per heavy atom. The van der Waals surface area contributed by atoms with Crippen LogP contribution in [0.25, 0.3) is 0 Å². The van der Waals surface area contributed by atoms with Crippen LogP contribution >= 0.6 is 0 Å². The van der Waals surface area contributed by atoms with Crippen LogP contribution in [-0.2, 0) is 26.5 Å². The van der Waals surface area contributed by atoms with Crippen LogP contribution in [0.5, 0.6) is 5.75 Å². The maximum atomic E-state index is 12.9. The van der Waals surface area contributed by atoms with Gasteiger partial charge in [0.05, 0.1) is 24.7 Å². The van der Waals surface area contributed by atoms with E-state index in [2.05, 4.69) is 4.72 Å². The molecule has 1 heterocycles. The zero-order valence-electron chi connectivity index (χ0n) is 15.4. The molecule has 146 valence electrons. The van der Waals surface area contributed by atoms with E-state index in [-0.39, 0.29) is 10.6 Å². The number of fused-ring (bicyclic) bond motifs is 1. The summed E-state index contributed by atoms with van der Waals surface area (Å²) >= 11 is 0. The van der Waals surface area contributed by atoms with Gasteiger partial charge in [-0.15, -0.1) is 0 Å². The van der Waals surface area contributed by atoms with Crippen molar-refractivity contribution < 1.29 is 21.6 Å². The molecule has 9 heteroatoms. The molecule has 1 aliphatic rings. The smallest absolute Gasteiger partial charge is 0.265 e. The number of aryl methyl sites for hydroxylation is 2. The second-order valence-electron chi connectivity index (χ2n) is 6.54. The summed E-state index contributed by atoms with van der Waals surface area (Å²) in [4.78, 5) is 0.0303. The van der Waals surface area contributed by atoms with Gasteiger partial charge >= 0.3 is 0 Å². The SMILES string of the molecule is COc1ccc(C)cc1S(=O)(=O)Nc1ccc2c(c1)N(S(C)(=O)=O)CCC2. The quantitative estimate of drug-likeness (QED) is 0.818. The number of nitrogens with one attached hydrogen (secondary N) is 1. The van der Waals surface area contributed by atoms with Gasteiger partial charge in [0.15, 0.2) is 0 Å². The third-order valence-electron chi connectivity index (χ3n) is 4.42. The first-order valence-corrected chi connectivity index (χ1v) is 11.7. The summed E-state index contributed by atoms with van der Waals surface area (Å²) in [5, 5.41) is 0. The Labute approximate surface area is 160 Å². The van der Waals surface area contributed by atoms with Crippen LogP contribution in [0.1, 0.15) is 17.5 Å². The van der Waals surface area contributed by atoms with Crippen molar-refractivity contribution in [3.05, 3.63) is 47.5 Å². The van der Waals surface area contributed by atoms with E-state index in [1.807, 2.05) is 0 Å². The predicted octanol–water partition coefficient (Wildman–Crippen LogP) is 2.52. The standard InChI is InChI=1S/C18H22N2O5S2/c1-13-6-9-17(25-2)18(11-13)27(23,24)19-15-8-7-14-5-4-10-20(16(14)12-15)26(3,21)22/h6-9,11-12,19H,4-5,10H2,1-3H3. The lowest BCUT2D eigenvalue weighted by Gasteiger charge is -2.29. The molecule has 2 aromatic rings. The van der Waals surface area contributed by atoms with Gasteiger partial charge in [-0.3, -0.25) is 9.03 Å². The van der Waals surface area contributed by atoms with Gasteiger partial charge in [0.2, 0.25) is 10.0 Å². The number of nitrogens with zero attached hydrogens (tertiary/aromatic N) is 1. The molecule has 2 aromatic carbocycles. The molecule has 0 saturated heterocycles. The summed E-state index contributed by atoms with van der Waals surface area (Å²) in [5.74, 6) is 0.240. The zero-order valence-corrected chi connectivity index (χ0v) is 17.0. The number of rotatable bonds is 5. The monoisotopic (exact) mass is 410 g/mol. The van der Waals surface area contributed by atoms with Crippen LogP contribution < -0.4 is 13.8 Å². The highest BCUT2D eigenvalue weighted by Crippen LogP contribution is 2.33. The zero-order chi connectivity index (χ0) is 19.8.